The molecule has 0 radical (unpaired) electrons. The lowest BCUT2D eigenvalue weighted by molar-refractivity contribution is 0.478. The van der Waals surface area contributed by atoms with Crippen LogP contribution in [0.5, 0.6) is 0 Å². The molecule has 2 rings (SSSR count). The smallest absolute Gasteiger partial charge is 0.0258 e. The van der Waals surface area contributed by atoms with Crippen molar-refractivity contribution in [3.63, 3.8) is 0 Å². The van der Waals surface area contributed by atoms with E-state index in [4.69, 9.17) is 11.5 Å². The predicted octanol–water partition coefficient (Wildman–Crippen LogP) is 1.91. The second kappa shape index (κ2) is 4.60. The van der Waals surface area contributed by atoms with Crippen molar-refractivity contribution < 1.29 is 0 Å². The molecule has 2 nitrogen and oxygen atoms in total. The quantitative estimate of drug-likeness (QED) is 0.731. The average molecular weight is 202 g/mol. The van der Waals surface area contributed by atoms with Crippen LogP contribution >= 0.6 is 0 Å². The molecule has 2 heteroatoms. The fraction of sp³-hybridized carbons (Fsp3) is 0.385. The van der Waals surface area contributed by atoms with Crippen LogP contribution in [0.1, 0.15) is 24.8 Å². The van der Waals surface area contributed by atoms with Crippen molar-refractivity contribution in [2.45, 2.75) is 31.3 Å². The Morgan fingerprint density at radius 1 is 1.07 bits per heavy atom. The zero-order valence-corrected chi connectivity index (χ0v) is 8.89. The molecule has 0 heterocycles. The minimum Gasteiger partial charge on any atom is -0.327 e. The molecular weight excluding hydrogens is 184 g/mol. The van der Waals surface area contributed by atoms with Crippen molar-refractivity contribution in [2.75, 3.05) is 0 Å². The second-order valence-electron chi connectivity index (χ2n) is 4.28. The van der Waals surface area contributed by atoms with E-state index in [2.05, 4.69) is 18.2 Å². The number of nitrogens with two attached hydrogens (primary N) is 2. The molecule has 1 aromatic carbocycles. The maximum absolute atomic E-state index is 6.07. The summed E-state index contributed by atoms with van der Waals surface area (Å²) in [5, 5.41) is 0. The highest BCUT2D eigenvalue weighted by Gasteiger charge is 2.19. The number of hydrogen-bond acceptors (Lipinski definition) is 2. The Morgan fingerprint density at radius 2 is 1.80 bits per heavy atom. The molecule has 0 amide bonds. The molecule has 0 aliphatic heterocycles. The van der Waals surface area contributed by atoms with E-state index >= 15 is 0 Å². The average Bonchev–Trinajstić information content (AvgIpc) is 2.25. The van der Waals surface area contributed by atoms with Crippen molar-refractivity contribution in [3.8, 4) is 0 Å². The van der Waals surface area contributed by atoms with Gasteiger partial charge < -0.3 is 11.5 Å². The van der Waals surface area contributed by atoms with Gasteiger partial charge in [0, 0.05) is 12.1 Å². The lowest BCUT2D eigenvalue weighted by Crippen LogP contribution is -2.35. The van der Waals surface area contributed by atoms with Crippen LogP contribution < -0.4 is 11.5 Å². The monoisotopic (exact) mass is 202 g/mol. The summed E-state index contributed by atoms with van der Waals surface area (Å²) >= 11 is 0. The first kappa shape index (κ1) is 10.4. The highest BCUT2D eigenvalue weighted by Crippen LogP contribution is 2.23. The summed E-state index contributed by atoms with van der Waals surface area (Å²) in [6.07, 6.45) is 5.19. The molecule has 1 aliphatic carbocycles. The van der Waals surface area contributed by atoms with Gasteiger partial charge in [0.25, 0.3) is 0 Å². The minimum absolute atomic E-state index is 0.199. The summed E-state index contributed by atoms with van der Waals surface area (Å²) in [5.41, 5.74) is 14.5. The number of rotatable bonds is 1. The van der Waals surface area contributed by atoms with E-state index in [1.54, 1.807) is 0 Å². The Labute approximate surface area is 91.0 Å². The minimum atomic E-state index is 0.199. The summed E-state index contributed by atoms with van der Waals surface area (Å²) in [6, 6.07) is 10.8. The van der Waals surface area contributed by atoms with Crippen LogP contribution in [-0.2, 0) is 0 Å². The van der Waals surface area contributed by atoms with Crippen LogP contribution in [0.2, 0.25) is 0 Å². The van der Waals surface area contributed by atoms with Crippen molar-refractivity contribution >= 4 is 6.08 Å². The molecule has 1 saturated carbocycles. The van der Waals surface area contributed by atoms with Gasteiger partial charge in [-0.15, -0.1) is 0 Å². The first-order valence-corrected chi connectivity index (χ1v) is 5.52. The van der Waals surface area contributed by atoms with Crippen LogP contribution in [0.15, 0.2) is 35.9 Å². The second-order valence-corrected chi connectivity index (χ2v) is 4.28. The maximum atomic E-state index is 6.07. The number of benzene rings is 1. The third-order valence-electron chi connectivity index (χ3n) is 2.97. The van der Waals surface area contributed by atoms with E-state index in [9.17, 15) is 0 Å². The predicted molar refractivity (Wildman–Crippen MR) is 64.2 cm³/mol. The largest absolute Gasteiger partial charge is 0.327 e. The van der Waals surface area contributed by atoms with Crippen LogP contribution in [0.4, 0.5) is 0 Å². The van der Waals surface area contributed by atoms with Gasteiger partial charge in [-0.25, -0.2) is 0 Å². The molecule has 2 atom stereocenters. The third kappa shape index (κ3) is 2.67. The molecule has 4 N–H and O–H groups in total. The molecular formula is C13H18N2. The lowest BCUT2D eigenvalue weighted by Gasteiger charge is -2.26. The van der Waals surface area contributed by atoms with Crippen molar-refractivity contribution in [1.82, 2.24) is 0 Å². The molecule has 1 aliphatic rings. The summed E-state index contributed by atoms with van der Waals surface area (Å²) in [6.45, 7) is 0. The summed E-state index contributed by atoms with van der Waals surface area (Å²) in [4.78, 5) is 0. The van der Waals surface area contributed by atoms with Crippen molar-refractivity contribution in [1.29, 1.82) is 0 Å². The van der Waals surface area contributed by atoms with Gasteiger partial charge in [-0.05, 0) is 24.8 Å². The molecule has 0 bridgehead atoms. The molecule has 15 heavy (non-hydrogen) atoms. The van der Waals surface area contributed by atoms with Gasteiger partial charge >= 0.3 is 0 Å². The van der Waals surface area contributed by atoms with E-state index in [-0.39, 0.29) is 6.04 Å². The van der Waals surface area contributed by atoms with E-state index in [0.29, 0.717) is 6.04 Å². The fourth-order valence-corrected chi connectivity index (χ4v) is 2.06. The molecule has 1 aromatic rings. The van der Waals surface area contributed by atoms with Gasteiger partial charge in [-0.3, -0.25) is 0 Å². The van der Waals surface area contributed by atoms with Crippen LogP contribution in [0.25, 0.3) is 6.08 Å². The highest BCUT2D eigenvalue weighted by atomic mass is 14.7. The molecule has 2 unspecified atom stereocenters. The summed E-state index contributed by atoms with van der Waals surface area (Å²) < 4.78 is 0. The standard InChI is InChI=1S/C13H18N2/c14-12-6-7-13(15)11(9-12)8-10-4-2-1-3-5-10/h1-5,8,12-13H,6-7,9,14-15H2. The lowest BCUT2D eigenvalue weighted by atomic mass is 9.86. The van der Waals surface area contributed by atoms with Gasteiger partial charge in [-0.1, -0.05) is 42.0 Å². The number of hydrogen-bond donors (Lipinski definition) is 2. The van der Waals surface area contributed by atoms with Gasteiger partial charge in [0.1, 0.15) is 0 Å². The van der Waals surface area contributed by atoms with E-state index in [1.165, 1.54) is 11.1 Å². The Kier molecular flexibility index (Phi) is 3.19. The van der Waals surface area contributed by atoms with Gasteiger partial charge in [0.15, 0.2) is 0 Å². The maximum Gasteiger partial charge on any atom is 0.0258 e. The zero-order valence-electron chi connectivity index (χ0n) is 8.89. The van der Waals surface area contributed by atoms with E-state index < -0.39 is 0 Å². The summed E-state index contributed by atoms with van der Waals surface area (Å²) in [5.74, 6) is 0. The Balaban J connectivity index is 2.18. The topological polar surface area (TPSA) is 52.0 Å². The van der Waals surface area contributed by atoms with Crippen molar-refractivity contribution in [3.05, 3.63) is 41.5 Å². The first-order chi connectivity index (χ1) is 7.25. The van der Waals surface area contributed by atoms with E-state index in [1.807, 2.05) is 18.2 Å². The zero-order chi connectivity index (χ0) is 10.7. The highest BCUT2D eigenvalue weighted by molar-refractivity contribution is 5.54. The van der Waals surface area contributed by atoms with Crippen LogP contribution in [-0.4, -0.2) is 12.1 Å². The SMILES string of the molecule is NC1CCC(N)C(=Cc2ccccc2)C1. The van der Waals surface area contributed by atoms with E-state index in [0.717, 1.165) is 19.3 Å². The Morgan fingerprint density at radius 3 is 2.53 bits per heavy atom. The molecule has 1 fully saturated rings. The first-order valence-electron chi connectivity index (χ1n) is 5.52. The van der Waals surface area contributed by atoms with Gasteiger partial charge in [0.05, 0.1) is 0 Å². The van der Waals surface area contributed by atoms with Gasteiger partial charge in [0.2, 0.25) is 0 Å². The molecule has 80 valence electrons. The molecule has 0 saturated heterocycles. The Hall–Kier alpha value is -1.12. The van der Waals surface area contributed by atoms with Gasteiger partial charge in [-0.2, -0.15) is 0 Å². The molecule has 0 spiro atoms. The summed E-state index contributed by atoms with van der Waals surface area (Å²) in [7, 11) is 0. The van der Waals surface area contributed by atoms with Crippen molar-refractivity contribution in [2.24, 2.45) is 11.5 Å². The Bertz CT molecular complexity index is 343. The fourth-order valence-electron chi connectivity index (χ4n) is 2.06. The normalized spacial score (nSPS) is 29.3. The third-order valence-corrected chi connectivity index (χ3v) is 2.97. The van der Waals surface area contributed by atoms with Crippen LogP contribution in [0.3, 0.4) is 0 Å². The molecule has 0 aromatic heterocycles. The van der Waals surface area contributed by atoms with Crippen LogP contribution in [0, 0.1) is 0 Å².